The normalized spacial score (nSPS) is 18.6. The minimum Gasteiger partial charge on any atom is -0.335 e. The first-order chi connectivity index (χ1) is 14.4. The minimum absolute atomic E-state index is 0.0279. The van der Waals surface area contributed by atoms with E-state index in [2.05, 4.69) is 16.0 Å². The van der Waals surface area contributed by atoms with Crippen LogP contribution in [0.5, 0.6) is 0 Å². The summed E-state index contributed by atoms with van der Waals surface area (Å²) < 4.78 is 0. The van der Waals surface area contributed by atoms with Crippen molar-refractivity contribution >= 4 is 34.9 Å². The Morgan fingerprint density at radius 2 is 1.70 bits per heavy atom. The third-order valence-electron chi connectivity index (χ3n) is 5.66. The van der Waals surface area contributed by atoms with E-state index in [0.717, 1.165) is 25.7 Å². The molecule has 1 aliphatic heterocycles. The van der Waals surface area contributed by atoms with Gasteiger partial charge >= 0.3 is 6.03 Å². The van der Waals surface area contributed by atoms with Gasteiger partial charge in [-0.3, -0.25) is 19.8 Å². The Hall–Kier alpha value is -2.39. The van der Waals surface area contributed by atoms with Crippen LogP contribution in [-0.2, 0) is 4.79 Å². The van der Waals surface area contributed by atoms with Crippen LogP contribution in [0.4, 0.5) is 16.2 Å². The van der Waals surface area contributed by atoms with E-state index < -0.39 is 4.92 Å². The zero-order valence-electron chi connectivity index (χ0n) is 16.9. The number of halogens is 1. The van der Waals surface area contributed by atoms with Gasteiger partial charge in [0.15, 0.2) is 0 Å². The molecule has 0 aromatic heterocycles. The standard InChI is InChI=1S/C20H28ClN5O4/c21-17-7-6-16(12-18(17)26(29)30)22-19(27)13-25-10-8-15(9-11-25)24-20(28)23-14-4-2-1-3-5-14/h6-7,12,14-15H,1-5,8-11,13H2,(H,22,27)(H2,23,24,28). The molecule has 1 saturated carbocycles. The first kappa shape index (κ1) is 22.3. The van der Waals surface area contributed by atoms with E-state index in [1.165, 1.54) is 37.5 Å². The van der Waals surface area contributed by atoms with Gasteiger partial charge in [0, 0.05) is 36.9 Å². The highest BCUT2D eigenvalue weighted by molar-refractivity contribution is 6.32. The molecule has 2 aliphatic rings. The number of carbonyl (C=O) groups is 2. The molecule has 0 bridgehead atoms. The van der Waals surface area contributed by atoms with Crippen LogP contribution in [0.15, 0.2) is 18.2 Å². The summed E-state index contributed by atoms with van der Waals surface area (Å²) >= 11 is 5.79. The number of carbonyl (C=O) groups excluding carboxylic acids is 2. The van der Waals surface area contributed by atoms with Gasteiger partial charge in [-0.25, -0.2) is 4.79 Å². The topological polar surface area (TPSA) is 117 Å². The summed E-state index contributed by atoms with van der Waals surface area (Å²) in [7, 11) is 0. The van der Waals surface area contributed by atoms with Crippen molar-refractivity contribution < 1.29 is 14.5 Å². The highest BCUT2D eigenvalue weighted by Gasteiger charge is 2.24. The molecule has 30 heavy (non-hydrogen) atoms. The van der Waals surface area contributed by atoms with E-state index in [0.29, 0.717) is 18.8 Å². The molecule has 3 amide bonds. The van der Waals surface area contributed by atoms with Gasteiger partial charge in [-0.2, -0.15) is 0 Å². The average molecular weight is 438 g/mol. The molecule has 2 fully saturated rings. The molecule has 164 valence electrons. The third-order valence-corrected chi connectivity index (χ3v) is 5.98. The van der Waals surface area contributed by atoms with Crippen molar-refractivity contribution in [2.45, 2.75) is 57.0 Å². The molecule has 0 unspecified atom stereocenters. The van der Waals surface area contributed by atoms with E-state index in [-0.39, 0.29) is 41.3 Å². The van der Waals surface area contributed by atoms with Crippen molar-refractivity contribution in [2.24, 2.45) is 0 Å². The van der Waals surface area contributed by atoms with Gasteiger partial charge in [-0.1, -0.05) is 30.9 Å². The summed E-state index contributed by atoms with van der Waals surface area (Å²) in [6, 6.07) is 4.47. The molecular formula is C20H28ClN5O4. The molecule has 1 aromatic rings. The van der Waals surface area contributed by atoms with E-state index in [1.54, 1.807) is 0 Å². The maximum absolute atomic E-state index is 12.3. The maximum Gasteiger partial charge on any atom is 0.315 e. The predicted molar refractivity (Wildman–Crippen MR) is 115 cm³/mol. The SMILES string of the molecule is O=C(CN1CCC(NC(=O)NC2CCCCC2)CC1)Nc1ccc(Cl)c([N+](=O)[O-])c1. The smallest absolute Gasteiger partial charge is 0.315 e. The van der Waals surface area contributed by atoms with Crippen LogP contribution in [0.3, 0.4) is 0 Å². The van der Waals surface area contributed by atoms with Crippen LogP contribution in [-0.4, -0.2) is 53.5 Å². The largest absolute Gasteiger partial charge is 0.335 e. The fourth-order valence-electron chi connectivity index (χ4n) is 4.03. The average Bonchev–Trinajstić information content (AvgIpc) is 2.71. The quantitative estimate of drug-likeness (QED) is 0.466. The molecule has 3 rings (SSSR count). The highest BCUT2D eigenvalue weighted by Crippen LogP contribution is 2.27. The van der Waals surface area contributed by atoms with Crippen LogP contribution < -0.4 is 16.0 Å². The van der Waals surface area contributed by atoms with Gasteiger partial charge < -0.3 is 16.0 Å². The summed E-state index contributed by atoms with van der Waals surface area (Å²) in [5.41, 5.74) is 0.0971. The number of hydrogen-bond donors (Lipinski definition) is 3. The highest BCUT2D eigenvalue weighted by atomic mass is 35.5. The van der Waals surface area contributed by atoms with Gasteiger partial charge in [-0.15, -0.1) is 0 Å². The molecule has 10 heteroatoms. The van der Waals surface area contributed by atoms with Crippen LogP contribution in [0.2, 0.25) is 5.02 Å². The number of urea groups is 1. The summed E-state index contributed by atoms with van der Waals surface area (Å²) in [6.45, 7) is 1.59. The second kappa shape index (κ2) is 10.6. The van der Waals surface area contributed by atoms with Crippen LogP contribution in [0, 0.1) is 10.1 Å². The van der Waals surface area contributed by atoms with Gasteiger partial charge in [0.05, 0.1) is 11.5 Å². The predicted octanol–water partition coefficient (Wildman–Crippen LogP) is 3.28. The number of piperidine rings is 1. The van der Waals surface area contributed by atoms with Crippen LogP contribution in [0.25, 0.3) is 0 Å². The molecule has 0 spiro atoms. The summed E-state index contributed by atoms with van der Waals surface area (Å²) in [5.74, 6) is -0.243. The molecule has 1 heterocycles. The molecule has 3 N–H and O–H groups in total. The molecule has 0 atom stereocenters. The number of anilines is 1. The maximum atomic E-state index is 12.3. The number of nitrogens with zero attached hydrogens (tertiary/aromatic N) is 2. The Kier molecular flexibility index (Phi) is 7.87. The Morgan fingerprint density at radius 3 is 2.33 bits per heavy atom. The number of nitro groups is 1. The van der Waals surface area contributed by atoms with Gasteiger partial charge in [0.1, 0.15) is 5.02 Å². The molecule has 1 aromatic carbocycles. The lowest BCUT2D eigenvalue weighted by atomic mass is 9.96. The van der Waals surface area contributed by atoms with Crippen molar-refractivity contribution in [3.63, 3.8) is 0 Å². The molecule has 1 aliphatic carbocycles. The second-order valence-corrected chi connectivity index (χ2v) is 8.38. The number of amides is 3. The number of nitro benzene ring substituents is 1. The second-order valence-electron chi connectivity index (χ2n) is 7.97. The summed E-state index contributed by atoms with van der Waals surface area (Å²) in [6.07, 6.45) is 7.26. The fourth-order valence-corrected chi connectivity index (χ4v) is 4.22. The fraction of sp³-hybridized carbons (Fsp3) is 0.600. The van der Waals surface area contributed by atoms with Crippen LogP contribution >= 0.6 is 11.6 Å². The Labute approximate surface area is 180 Å². The van der Waals surface area contributed by atoms with Gasteiger partial charge in [-0.05, 0) is 37.8 Å². The van der Waals surface area contributed by atoms with E-state index >= 15 is 0 Å². The Bertz CT molecular complexity index is 776. The number of hydrogen-bond acceptors (Lipinski definition) is 5. The van der Waals surface area contributed by atoms with E-state index in [9.17, 15) is 19.7 Å². The lowest BCUT2D eigenvalue weighted by Crippen LogP contribution is -2.51. The molecular weight excluding hydrogens is 410 g/mol. The Morgan fingerprint density at radius 1 is 1.07 bits per heavy atom. The van der Waals surface area contributed by atoms with E-state index in [1.807, 2.05) is 4.90 Å². The lowest BCUT2D eigenvalue weighted by Gasteiger charge is -2.32. The third kappa shape index (κ3) is 6.56. The van der Waals surface area contributed by atoms with Crippen molar-refractivity contribution in [2.75, 3.05) is 25.0 Å². The van der Waals surface area contributed by atoms with Crippen molar-refractivity contribution in [3.8, 4) is 0 Å². The van der Waals surface area contributed by atoms with Crippen molar-refractivity contribution in [1.29, 1.82) is 0 Å². The number of rotatable bonds is 6. The molecule has 0 radical (unpaired) electrons. The number of likely N-dealkylation sites (tertiary alicyclic amines) is 1. The first-order valence-electron chi connectivity index (χ1n) is 10.4. The molecule has 9 nitrogen and oxygen atoms in total. The summed E-state index contributed by atoms with van der Waals surface area (Å²) in [5, 5.41) is 19.8. The number of benzene rings is 1. The van der Waals surface area contributed by atoms with E-state index in [4.69, 9.17) is 11.6 Å². The summed E-state index contributed by atoms with van der Waals surface area (Å²) in [4.78, 5) is 36.9. The van der Waals surface area contributed by atoms with Gasteiger partial charge in [0.25, 0.3) is 5.69 Å². The van der Waals surface area contributed by atoms with Crippen molar-refractivity contribution in [1.82, 2.24) is 15.5 Å². The van der Waals surface area contributed by atoms with Gasteiger partial charge in [0.2, 0.25) is 5.91 Å². The zero-order valence-corrected chi connectivity index (χ0v) is 17.6. The van der Waals surface area contributed by atoms with Crippen molar-refractivity contribution in [3.05, 3.63) is 33.3 Å². The first-order valence-corrected chi connectivity index (χ1v) is 10.8. The Balaban J connectivity index is 1.39. The minimum atomic E-state index is -0.583. The molecule has 1 saturated heterocycles. The lowest BCUT2D eigenvalue weighted by molar-refractivity contribution is -0.384. The number of nitrogens with one attached hydrogen (secondary N) is 3. The monoisotopic (exact) mass is 437 g/mol. The van der Waals surface area contributed by atoms with Crippen LogP contribution in [0.1, 0.15) is 44.9 Å². The zero-order chi connectivity index (χ0) is 21.5.